The highest BCUT2D eigenvalue weighted by Gasteiger charge is 2.11. The van der Waals surface area contributed by atoms with E-state index in [2.05, 4.69) is 5.32 Å². The Balaban J connectivity index is 0.00000324. The fourth-order valence-electron chi connectivity index (χ4n) is 1.50. The van der Waals surface area contributed by atoms with Crippen LogP contribution in [0.4, 0.5) is 4.39 Å². The smallest absolute Gasteiger partial charge is 0.237 e. The van der Waals surface area contributed by atoms with E-state index in [0.717, 1.165) is 5.56 Å². The van der Waals surface area contributed by atoms with Gasteiger partial charge in [-0.05, 0) is 24.1 Å². The van der Waals surface area contributed by atoms with Crippen LogP contribution < -0.4 is 15.8 Å². The SMILES string of the molecule is CNC(=O)C(N)Cc1ccc(OCCCF)cc1.Cl. The van der Waals surface area contributed by atoms with Crippen LogP contribution in [0.5, 0.6) is 5.75 Å². The van der Waals surface area contributed by atoms with Crippen LogP contribution in [-0.2, 0) is 11.2 Å². The second-order valence-electron chi connectivity index (χ2n) is 3.96. The Labute approximate surface area is 118 Å². The van der Waals surface area contributed by atoms with Gasteiger partial charge in [0.05, 0.1) is 19.3 Å². The highest BCUT2D eigenvalue weighted by atomic mass is 35.5. The summed E-state index contributed by atoms with van der Waals surface area (Å²) in [5.41, 5.74) is 6.67. The Bertz CT molecular complexity index is 373. The molecule has 3 N–H and O–H groups in total. The Morgan fingerprint density at radius 2 is 2.05 bits per heavy atom. The molecule has 1 aromatic rings. The Kier molecular flexibility index (Phi) is 8.91. The van der Waals surface area contributed by atoms with E-state index >= 15 is 0 Å². The van der Waals surface area contributed by atoms with Gasteiger partial charge in [0.2, 0.25) is 5.91 Å². The van der Waals surface area contributed by atoms with Gasteiger partial charge in [-0.2, -0.15) is 0 Å². The van der Waals surface area contributed by atoms with E-state index in [1.165, 1.54) is 0 Å². The number of carbonyl (C=O) groups is 1. The van der Waals surface area contributed by atoms with E-state index in [-0.39, 0.29) is 25.0 Å². The van der Waals surface area contributed by atoms with Crippen LogP contribution >= 0.6 is 12.4 Å². The molecule has 1 rings (SSSR count). The normalized spacial score (nSPS) is 11.3. The highest BCUT2D eigenvalue weighted by molar-refractivity contribution is 5.85. The van der Waals surface area contributed by atoms with Crippen LogP contribution in [0.2, 0.25) is 0 Å². The first-order chi connectivity index (χ1) is 8.67. The van der Waals surface area contributed by atoms with Gasteiger partial charge in [-0.1, -0.05) is 12.1 Å². The maximum Gasteiger partial charge on any atom is 0.237 e. The van der Waals surface area contributed by atoms with E-state index in [9.17, 15) is 9.18 Å². The summed E-state index contributed by atoms with van der Waals surface area (Å²) in [6.45, 7) is -0.00727. The minimum atomic E-state index is -0.548. The molecular weight excluding hydrogens is 271 g/mol. The summed E-state index contributed by atoms with van der Waals surface area (Å²) in [7, 11) is 1.56. The number of rotatable bonds is 7. The standard InChI is InChI=1S/C13H19FN2O2.ClH/c1-16-13(17)12(15)9-10-3-5-11(6-4-10)18-8-2-7-14;/h3-6,12H,2,7-9,15H2,1H3,(H,16,17);1H. The second-order valence-corrected chi connectivity index (χ2v) is 3.96. The molecule has 0 aliphatic heterocycles. The van der Waals surface area contributed by atoms with Gasteiger partial charge in [-0.25, -0.2) is 0 Å². The first-order valence-corrected chi connectivity index (χ1v) is 5.92. The van der Waals surface area contributed by atoms with Crippen molar-refractivity contribution in [3.8, 4) is 5.75 Å². The summed E-state index contributed by atoms with van der Waals surface area (Å²) in [6.07, 6.45) is 0.869. The number of hydrogen-bond acceptors (Lipinski definition) is 3. The molecule has 0 bridgehead atoms. The van der Waals surface area contributed by atoms with E-state index < -0.39 is 6.04 Å². The van der Waals surface area contributed by atoms with Gasteiger partial charge in [0.15, 0.2) is 0 Å². The molecule has 0 heterocycles. The molecule has 1 aromatic carbocycles. The van der Waals surface area contributed by atoms with E-state index in [1.54, 1.807) is 19.2 Å². The van der Waals surface area contributed by atoms with E-state index in [1.807, 2.05) is 12.1 Å². The zero-order valence-corrected chi connectivity index (χ0v) is 11.7. The summed E-state index contributed by atoms with van der Waals surface area (Å²) >= 11 is 0. The molecule has 6 heteroatoms. The van der Waals surface area contributed by atoms with E-state index in [0.29, 0.717) is 25.2 Å². The lowest BCUT2D eigenvalue weighted by Gasteiger charge is -2.10. The summed E-state index contributed by atoms with van der Waals surface area (Å²) < 4.78 is 17.2. The van der Waals surface area contributed by atoms with Gasteiger partial charge in [0.25, 0.3) is 0 Å². The summed E-state index contributed by atoms with van der Waals surface area (Å²) in [5, 5.41) is 2.51. The highest BCUT2D eigenvalue weighted by Crippen LogP contribution is 2.13. The fraction of sp³-hybridized carbons (Fsp3) is 0.462. The first-order valence-electron chi connectivity index (χ1n) is 5.92. The molecule has 0 fully saturated rings. The van der Waals surface area contributed by atoms with Crippen LogP contribution in [0.1, 0.15) is 12.0 Å². The van der Waals surface area contributed by atoms with Crippen molar-refractivity contribution in [1.82, 2.24) is 5.32 Å². The van der Waals surface area contributed by atoms with Gasteiger partial charge in [-0.3, -0.25) is 9.18 Å². The minimum Gasteiger partial charge on any atom is -0.494 e. The lowest BCUT2D eigenvalue weighted by molar-refractivity contribution is -0.121. The minimum absolute atomic E-state index is 0. The lowest BCUT2D eigenvalue weighted by atomic mass is 10.1. The van der Waals surface area contributed by atoms with Crippen molar-refractivity contribution in [2.24, 2.45) is 5.73 Å². The van der Waals surface area contributed by atoms with Crippen molar-refractivity contribution in [3.63, 3.8) is 0 Å². The third-order valence-corrected chi connectivity index (χ3v) is 2.51. The summed E-state index contributed by atoms with van der Waals surface area (Å²) in [4.78, 5) is 11.3. The third-order valence-electron chi connectivity index (χ3n) is 2.51. The molecule has 0 aliphatic carbocycles. The molecular formula is C13H20ClFN2O2. The van der Waals surface area contributed by atoms with Crippen molar-refractivity contribution in [2.45, 2.75) is 18.9 Å². The Morgan fingerprint density at radius 3 is 2.58 bits per heavy atom. The molecule has 1 unspecified atom stereocenters. The molecule has 108 valence electrons. The number of hydrogen-bond donors (Lipinski definition) is 2. The van der Waals surface area contributed by atoms with Gasteiger partial charge in [0, 0.05) is 13.5 Å². The molecule has 0 spiro atoms. The van der Waals surface area contributed by atoms with Crippen molar-refractivity contribution >= 4 is 18.3 Å². The molecule has 0 aliphatic rings. The Hall–Kier alpha value is -1.33. The number of nitrogens with two attached hydrogens (primary N) is 1. The predicted octanol–water partition coefficient (Wildman–Crippen LogP) is 1.46. The monoisotopic (exact) mass is 290 g/mol. The number of alkyl halides is 1. The van der Waals surface area contributed by atoms with Crippen molar-refractivity contribution in [1.29, 1.82) is 0 Å². The largest absolute Gasteiger partial charge is 0.494 e. The molecule has 0 saturated carbocycles. The number of amides is 1. The average Bonchev–Trinajstić information content (AvgIpc) is 2.40. The van der Waals surface area contributed by atoms with Crippen LogP contribution in [0.15, 0.2) is 24.3 Å². The van der Waals surface area contributed by atoms with Crippen molar-refractivity contribution in [2.75, 3.05) is 20.3 Å². The van der Waals surface area contributed by atoms with Gasteiger partial charge in [-0.15, -0.1) is 12.4 Å². The van der Waals surface area contributed by atoms with Gasteiger partial charge < -0.3 is 15.8 Å². The molecule has 1 amide bonds. The molecule has 0 saturated heterocycles. The second kappa shape index (κ2) is 9.58. The first kappa shape index (κ1) is 17.7. The van der Waals surface area contributed by atoms with E-state index in [4.69, 9.17) is 10.5 Å². The number of carbonyl (C=O) groups excluding carboxylic acids is 1. The topological polar surface area (TPSA) is 64.4 Å². The third kappa shape index (κ3) is 6.40. The molecule has 1 atom stereocenters. The molecule has 0 radical (unpaired) electrons. The molecule has 0 aromatic heterocycles. The number of likely N-dealkylation sites (N-methyl/N-ethyl adjacent to an activating group) is 1. The predicted molar refractivity (Wildman–Crippen MR) is 75.5 cm³/mol. The van der Waals surface area contributed by atoms with Crippen LogP contribution in [0.3, 0.4) is 0 Å². The summed E-state index contributed by atoms with van der Waals surface area (Å²) in [6, 6.07) is 6.75. The van der Waals surface area contributed by atoms with Crippen molar-refractivity contribution < 1.29 is 13.9 Å². The molecule has 4 nitrogen and oxygen atoms in total. The average molecular weight is 291 g/mol. The van der Waals surface area contributed by atoms with Gasteiger partial charge >= 0.3 is 0 Å². The number of benzene rings is 1. The maximum atomic E-state index is 11.9. The summed E-state index contributed by atoms with van der Waals surface area (Å²) in [5.74, 6) is 0.513. The maximum absolute atomic E-state index is 11.9. The van der Waals surface area contributed by atoms with Crippen molar-refractivity contribution in [3.05, 3.63) is 29.8 Å². The Morgan fingerprint density at radius 1 is 1.42 bits per heavy atom. The quantitative estimate of drug-likeness (QED) is 0.747. The van der Waals surface area contributed by atoms with Crippen LogP contribution in [0.25, 0.3) is 0 Å². The zero-order chi connectivity index (χ0) is 13.4. The van der Waals surface area contributed by atoms with Crippen LogP contribution in [0, 0.1) is 0 Å². The lowest BCUT2D eigenvalue weighted by Crippen LogP contribution is -2.40. The number of nitrogens with one attached hydrogen (secondary N) is 1. The van der Waals surface area contributed by atoms with Crippen LogP contribution in [-0.4, -0.2) is 32.3 Å². The van der Waals surface area contributed by atoms with Gasteiger partial charge in [0.1, 0.15) is 5.75 Å². The zero-order valence-electron chi connectivity index (χ0n) is 10.9. The number of ether oxygens (including phenoxy) is 1. The molecule has 19 heavy (non-hydrogen) atoms. The number of halogens is 2. The fourth-order valence-corrected chi connectivity index (χ4v) is 1.50.